The minimum absolute atomic E-state index is 0.210. The van der Waals surface area contributed by atoms with Crippen molar-refractivity contribution in [2.45, 2.75) is 38.0 Å². The number of benzene rings is 1. The summed E-state index contributed by atoms with van der Waals surface area (Å²) in [4.78, 5) is 0. The Hall–Kier alpha value is -1.70. The van der Waals surface area contributed by atoms with Crippen LogP contribution in [0.25, 0.3) is 5.69 Å². The molecule has 0 N–H and O–H groups in total. The van der Waals surface area contributed by atoms with Crippen LogP contribution in [0, 0.1) is 13.8 Å². The van der Waals surface area contributed by atoms with Crippen LogP contribution in [-0.4, -0.2) is 47.5 Å². The van der Waals surface area contributed by atoms with Crippen molar-refractivity contribution in [2.24, 2.45) is 0 Å². The predicted molar refractivity (Wildman–Crippen MR) is 95.2 cm³/mol. The molecule has 0 bridgehead atoms. The van der Waals surface area contributed by atoms with Crippen LogP contribution in [-0.2, 0) is 14.8 Å². The highest BCUT2D eigenvalue weighted by Gasteiger charge is 2.45. The fraction of sp³-hybridized carbons (Fsp3) is 0.500. The third kappa shape index (κ3) is 2.90. The molecular formula is C18H23N3O3S. The molecule has 134 valence electrons. The summed E-state index contributed by atoms with van der Waals surface area (Å²) >= 11 is 0. The first kappa shape index (κ1) is 16.8. The first-order chi connectivity index (χ1) is 12.0. The molecule has 0 radical (unpaired) electrons. The van der Waals surface area contributed by atoms with Crippen molar-refractivity contribution in [2.75, 3.05) is 19.8 Å². The molecule has 2 fully saturated rings. The Balaban J connectivity index is 1.76. The number of sulfonamides is 1. The smallest absolute Gasteiger partial charge is 0.217 e. The van der Waals surface area contributed by atoms with E-state index in [4.69, 9.17) is 4.74 Å². The molecule has 1 aliphatic heterocycles. The quantitative estimate of drug-likeness (QED) is 0.839. The lowest BCUT2D eigenvalue weighted by atomic mass is 10.0. The van der Waals surface area contributed by atoms with Crippen LogP contribution in [0.2, 0.25) is 0 Å². The number of aryl methyl sites for hydroxylation is 1. The zero-order chi connectivity index (χ0) is 17.6. The Bertz CT molecular complexity index is 872. The third-order valence-electron chi connectivity index (χ3n) is 5.03. The molecular weight excluding hydrogens is 338 g/mol. The Kier molecular flexibility index (Phi) is 4.17. The van der Waals surface area contributed by atoms with Crippen molar-refractivity contribution in [3.63, 3.8) is 0 Å². The monoisotopic (exact) mass is 361 g/mol. The fourth-order valence-electron chi connectivity index (χ4n) is 3.64. The van der Waals surface area contributed by atoms with Crippen LogP contribution in [0.15, 0.2) is 30.3 Å². The second kappa shape index (κ2) is 6.23. The number of ether oxygens (including phenoxy) is 1. The van der Waals surface area contributed by atoms with Crippen molar-refractivity contribution in [3.8, 4) is 5.69 Å². The molecule has 0 spiro atoms. The van der Waals surface area contributed by atoms with Gasteiger partial charge in [-0.1, -0.05) is 18.2 Å². The summed E-state index contributed by atoms with van der Waals surface area (Å²) in [6.07, 6.45) is 1.54. The second-order valence-corrected chi connectivity index (χ2v) is 8.94. The molecule has 0 amide bonds. The van der Waals surface area contributed by atoms with Crippen LogP contribution in [0.3, 0.4) is 0 Å². The number of morpholine rings is 1. The Labute approximate surface area is 148 Å². The van der Waals surface area contributed by atoms with E-state index in [1.54, 1.807) is 4.31 Å². The van der Waals surface area contributed by atoms with Gasteiger partial charge >= 0.3 is 0 Å². The average Bonchev–Trinajstić information content (AvgIpc) is 3.43. The molecule has 2 aliphatic rings. The maximum absolute atomic E-state index is 12.9. The molecule has 25 heavy (non-hydrogen) atoms. The highest BCUT2D eigenvalue weighted by atomic mass is 32.2. The number of rotatable bonds is 4. The molecule has 4 rings (SSSR count). The van der Waals surface area contributed by atoms with E-state index in [1.807, 2.05) is 48.9 Å². The molecule has 2 aromatic rings. The SMILES string of the molecule is Cc1nn(-c2ccccc2)c(C)c1C1COCCN1S(=O)(=O)C1CC1. The van der Waals surface area contributed by atoms with Crippen molar-refractivity contribution >= 4 is 10.0 Å². The first-order valence-corrected chi connectivity index (χ1v) is 10.2. The van der Waals surface area contributed by atoms with Crippen LogP contribution in [0.5, 0.6) is 0 Å². The number of aromatic nitrogens is 2. The van der Waals surface area contributed by atoms with E-state index in [0.717, 1.165) is 35.5 Å². The molecule has 1 aromatic carbocycles. The Morgan fingerprint density at radius 1 is 1.16 bits per heavy atom. The number of hydrogen-bond acceptors (Lipinski definition) is 4. The summed E-state index contributed by atoms with van der Waals surface area (Å²) < 4.78 is 34.9. The van der Waals surface area contributed by atoms with Crippen molar-refractivity contribution in [1.82, 2.24) is 14.1 Å². The van der Waals surface area contributed by atoms with Gasteiger partial charge in [0, 0.05) is 17.8 Å². The lowest BCUT2D eigenvalue weighted by Gasteiger charge is -2.35. The van der Waals surface area contributed by atoms with Gasteiger partial charge in [0.2, 0.25) is 10.0 Å². The van der Waals surface area contributed by atoms with Gasteiger partial charge in [0.1, 0.15) is 0 Å². The number of para-hydroxylation sites is 1. The van der Waals surface area contributed by atoms with Crippen molar-refractivity contribution < 1.29 is 13.2 Å². The molecule has 1 atom stereocenters. The van der Waals surface area contributed by atoms with Gasteiger partial charge in [-0.2, -0.15) is 9.40 Å². The molecule has 1 saturated carbocycles. The van der Waals surface area contributed by atoms with Gasteiger partial charge in [-0.15, -0.1) is 0 Å². The van der Waals surface area contributed by atoms with E-state index in [0.29, 0.717) is 19.8 Å². The van der Waals surface area contributed by atoms with Gasteiger partial charge in [0.25, 0.3) is 0 Å². The van der Waals surface area contributed by atoms with Gasteiger partial charge in [0.15, 0.2) is 0 Å². The maximum Gasteiger partial charge on any atom is 0.217 e. The van der Waals surface area contributed by atoms with Crippen LogP contribution in [0.4, 0.5) is 0 Å². The zero-order valence-corrected chi connectivity index (χ0v) is 15.4. The van der Waals surface area contributed by atoms with Gasteiger partial charge in [-0.25, -0.2) is 13.1 Å². The van der Waals surface area contributed by atoms with Crippen LogP contribution in [0.1, 0.15) is 35.8 Å². The average molecular weight is 361 g/mol. The van der Waals surface area contributed by atoms with E-state index >= 15 is 0 Å². The molecule has 7 heteroatoms. The first-order valence-electron chi connectivity index (χ1n) is 8.70. The van der Waals surface area contributed by atoms with E-state index < -0.39 is 10.0 Å². The van der Waals surface area contributed by atoms with Crippen LogP contribution >= 0.6 is 0 Å². The van der Waals surface area contributed by atoms with E-state index in [2.05, 4.69) is 5.10 Å². The normalized spacial score (nSPS) is 22.2. The molecule has 1 aromatic heterocycles. The summed E-state index contributed by atoms with van der Waals surface area (Å²) in [7, 11) is -3.26. The van der Waals surface area contributed by atoms with Crippen molar-refractivity contribution in [3.05, 3.63) is 47.3 Å². The summed E-state index contributed by atoms with van der Waals surface area (Å²) in [6, 6.07) is 9.61. The predicted octanol–water partition coefficient (Wildman–Crippen LogP) is 2.35. The van der Waals surface area contributed by atoms with Gasteiger partial charge < -0.3 is 4.74 Å². The summed E-state index contributed by atoms with van der Waals surface area (Å²) in [6.45, 7) is 5.19. The zero-order valence-electron chi connectivity index (χ0n) is 14.6. The van der Waals surface area contributed by atoms with E-state index in [9.17, 15) is 8.42 Å². The maximum atomic E-state index is 12.9. The Morgan fingerprint density at radius 3 is 2.56 bits per heavy atom. The summed E-state index contributed by atoms with van der Waals surface area (Å²) in [5.41, 5.74) is 3.76. The highest BCUT2D eigenvalue weighted by Crippen LogP contribution is 2.38. The van der Waals surface area contributed by atoms with E-state index in [1.165, 1.54) is 0 Å². The molecule has 1 aliphatic carbocycles. The largest absolute Gasteiger partial charge is 0.378 e. The van der Waals surface area contributed by atoms with E-state index in [-0.39, 0.29) is 11.3 Å². The lowest BCUT2D eigenvalue weighted by Crippen LogP contribution is -2.45. The van der Waals surface area contributed by atoms with Gasteiger partial charge in [-0.3, -0.25) is 0 Å². The molecule has 1 saturated heterocycles. The minimum atomic E-state index is -3.26. The minimum Gasteiger partial charge on any atom is -0.378 e. The molecule has 6 nitrogen and oxygen atoms in total. The topological polar surface area (TPSA) is 64.4 Å². The summed E-state index contributed by atoms with van der Waals surface area (Å²) in [5, 5.41) is 4.46. The third-order valence-corrected chi connectivity index (χ3v) is 7.44. The standard InChI is InChI=1S/C18H23N3O3S/c1-13-18(14(2)21(19-13)15-6-4-3-5-7-15)17-12-24-11-10-20(17)25(22,23)16-8-9-16/h3-7,16-17H,8-12H2,1-2H3. The van der Waals surface area contributed by atoms with Crippen LogP contribution < -0.4 is 0 Å². The number of nitrogens with zero attached hydrogens (tertiary/aromatic N) is 3. The fourth-order valence-corrected chi connectivity index (χ4v) is 5.60. The molecule has 2 heterocycles. The van der Waals surface area contributed by atoms with Gasteiger partial charge in [-0.05, 0) is 38.8 Å². The van der Waals surface area contributed by atoms with Gasteiger partial charge in [0.05, 0.1) is 35.9 Å². The number of hydrogen-bond donors (Lipinski definition) is 0. The second-order valence-electron chi connectivity index (χ2n) is 6.78. The van der Waals surface area contributed by atoms with Crippen molar-refractivity contribution in [1.29, 1.82) is 0 Å². The Morgan fingerprint density at radius 2 is 1.88 bits per heavy atom. The highest BCUT2D eigenvalue weighted by molar-refractivity contribution is 7.90. The summed E-state index contributed by atoms with van der Waals surface area (Å²) in [5.74, 6) is 0. The lowest BCUT2D eigenvalue weighted by molar-refractivity contribution is 0.0315. The molecule has 1 unspecified atom stereocenters.